The first-order valence-corrected chi connectivity index (χ1v) is 5.19. The Morgan fingerprint density at radius 3 is 2.87 bits per heavy atom. The van der Waals surface area contributed by atoms with Crippen LogP contribution in [0.1, 0.15) is 37.5 Å². The van der Waals surface area contributed by atoms with Crippen LogP contribution in [0.4, 0.5) is 0 Å². The van der Waals surface area contributed by atoms with Crippen LogP contribution in [-0.4, -0.2) is 9.55 Å². The zero-order valence-electron chi connectivity index (χ0n) is 8.43. The molecule has 0 N–H and O–H groups in total. The summed E-state index contributed by atoms with van der Waals surface area (Å²) in [6.07, 6.45) is 7.59. The van der Waals surface area contributed by atoms with E-state index in [0.29, 0.717) is 5.82 Å². The molecular formula is C11H12N4. The van der Waals surface area contributed by atoms with Crippen molar-refractivity contribution in [3.63, 3.8) is 0 Å². The molecule has 4 nitrogen and oxygen atoms in total. The van der Waals surface area contributed by atoms with Gasteiger partial charge in [0.25, 0.3) is 0 Å². The molecule has 0 saturated heterocycles. The normalized spacial score (nSPS) is 25.5. The van der Waals surface area contributed by atoms with Crippen LogP contribution >= 0.6 is 0 Å². The molecule has 0 radical (unpaired) electrons. The lowest BCUT2D eigenvalue weighted by atomic mass is 9.85. The second-order valence-corrected chi connectivity index (χ2v) is 3.86. The lowest BCUT2D eigenvalue weighted by Gasteiger charge is -2.28. The molecule has 1 heterocycles. The molecule has 15 heavy (non-hydrogen) atoms. The summed E-state index contributed by atoms with van der Waals surface area (Å²) in [6, 6.07) is 4.54. The molecule has 1 fully saturated rings. The van der Waals surface area contributed by atoms with Gasteiger partial charge in [0, 0.05) is 12.4 Å². The summed E-state index contributed by atoms with van der Waals surface area (Å²) in [5, 5.41) is 17.9. The van der Waals surface area contributed by atoms with Gasteiger partial charge >= 0.3 is 0 Å². The molecule has 0 aromatic carbocycles. The fraction of sp³-hybridized carbons (Fsp3) is 0.545. The van der Waals surface area contributed by atoms with Crippen LogP contribution in [-0.2, 0) is 0 Å². The van der Waals surface area contributed by atoms with Crippen molar-refractivity contribution in [2.45, 2.75) is 31.7 Å². The highest BCUT2D eigenvalue weighted by Gasteiger charge is 2.27. The smallest absolute Gasteiger partial charge is 0.213 e. The van der Waals surface area contributed by atoms with E-state index >= 15 is 0 Å². The van der Waals surface area contributed by atoms with Gasteiger partial charge in [-0.1, -0.05) is 12.8 Å². The Bertz CT molecular complexity index is 421. The van der Waals surface area contributed by atoms with Gasteiger partial charge in [-0.3, -0.25) is 0 Å². The van der Waals surface area contributed by atoms with Gasteiger partial charge in [0.1, 0.15) is 6.07 Å². The van der Waals surface area contributed by atoms with Crippen molar-refractivity contribution in [2.75, 3.05) is 0 Å². The molecule has 76 valence electrons. The van der Waals surface area contributed by atoms with Crippen LogP contribution in [0, 0.1) is 28.6 Å². The first-order valence-electron chi connectivity index (χ1n) is 5.19. The van der Waals surface area contributed by atoms with Crippen LogP contribution < -0.4 is 0 Å². The lowest BCUT2D eigenvalue weighted by molar-refractivity contribution is 0.288. The largest absolute Gasteiger partial charge is 0.318 e. The minimum absolute atomic E-state index is 0.0278. The number of hydrogen-bond acceptors (Lipinski definition) is 3. The number of aromatic nitrogens is 2. The molecule has 1 aromatic heterocycles. The van der Waals surface area contributed by atoms with Gasteiger partial charge in [0.15, 0.2) is 0 Å². The van der Waals surface area contributed by atoms with Gasteiger partial charge in [0.05, 0.1) is 18.0 Å². The number of imidazole rings is 1. The summed E-state index contributed by atoms with van der Waals surface area (Å²) in [5.74, 6) is 0.446. The number of nitriles is 2. The molecule has 1 saturated carbocycles. The molecule has 4 heteroatoms. The summed E-state index contributed by atoms with van der Waals surface area (Å²) in [7, 11) is 0. The molecular weight excluding hydrogens is 188 g/mol. The summed E-state index contributed by atoms with van der Waals surface area (Å²) >= 11 is 0. The second-order valence-electron chi connectivity index (χ2n) is 3.86. The van der Waals surface area contributed by atoms with E-state index < -0.39 is 0 Å². The first kappa shape index (κ1) is 9.73. The van der Waals surface area contributed by atoms with Crippen LogP contribution in [0.15, 0.2) is 12.4 Å². The Balaban J connectivity index is 2.29. The highest BCUT2D eigenvalue weighted by molar-refractivity contribution is 5.14. The van der Waals surface area contributed by atoms with Crippen LogP contribution in [0.5, 0.6) is 0 Å². The van der Waals surface area contributed by atoms with Crippen molar-refractivity contribution in [2.24, 2.45) is 5.92 Å². The van der Waals surface area contributed by atoms with Gasteiger partial charge in [-0.2, -0.15) is 10.5 Å². The number of nitrogens with zero attached hydrogens (tertiary/aromatic N) is 4. The third-order valence-electron chi connectivity index (χ3n) is 3.02. The highest BCUT2D eigenvalue weighted by Crippen LogP contribution is 2.33. The maximum absolute atomic E-state index is 9.06. The number of hydrogen-bond donors (Lipinski definition) is 0. The third-order valence-corrected chi connectivity index (χ3v) is 3.02. The Kier molecular flexibility index (Phi) is 2.69. The van der Waals surface area contributed by atoms with E-state index in [4.69, 9.17) is 10.5 Å². The topological polar surface area (TPSA) is 65.4 Å². The van der Waals surface area contributed by atoms with Crippen LogP contribution in [0.3, 0.4) is 0 Å². The summed E-state index contributed by atoms with van der Waals surface area (Å²) in [6.45, 7) is 0. The molecule has 2 rings (SSSR count). The SMILES string of the molecule is N#Cc1nccn1C1CCCCC1C#N. The molecule has 0 bridgehead atoms. The fourth-order valence-electron chi connectivity index (χ4n) is 2.26. The van der Waals surface area contributed by atoms with Gasteiger partial charge in [-0.15, -0.1) is 0 Å². The maximum atomic E-state index is 9.06. The zero-order chi connectivity index (χ0) is 10.7. The molecule has 2 unspecified atom stereocenters. The van der Waals surface area contributed by atoms with Crippen LogP contribution in [0.2, 0.25) is 0 Å². The predicted octanol–water partition coefficient (Wildman–Crippen LogP) is 2.01. The highest BCUT2D eigenvalue weighted by atomic mass is 15.1. The standard InChI is InChI=1S/C11H12N4/c12-7-9-3-1-2-4-10(9)15-6-5-14-11(15)8-13/h5-6,9-10H,1-4H2. The number of rotatable bonds is 1. The van der Waals surface area contributed by atoms with E-state index in [-0.39, 0.29) is 12.0 Å². The van der Waals surface area contributed by atoms with E-state index in [2.05, 4.69) is 17.1 Å². The molecule has 1 aliphatic rings. The van der Waals surface area contributed by atoms with Crippen LogP contribution in [0.25, 0.3) is 0 Å². The molecule has 0 aliphatic heterocycles. The van der Waals surface area contributed by atoms with E-state index in [9.17, 15) is 0 Å². The summed E-state index contributed by atoms with van der Waals surface area (Å²) in [4.78, 5) is 3.97. The predicted molar refractivity (Wildman–Crippen MR) is 53.6 cm³/mol. The Morgan fingerprint density at radius 1 is 1.33 bits per heavy atom. The minimum atomic E-state index is 0.0278. The first-order chi connectivity index (χ1) is 7.36. The molecule has 2 atom stereocenters. The third kappa shape index (κ3) is 1.71. The van der Waals surface area contributed by atoms with Gasteiger partial charge in [-0.05, 0) is 12.8 Å². The van der Waals surface area contributed by atoms with Crippen molar-refractivity contribution in [1.82, 2.24) is 9.55 Å². The van der Waals surface area contributed by atoms with Crippen molar-refractivity contribution in [1.29, 1.82) is 10.5 Å². The van der Waals surface area contributed by atoms with Crippen molar-refractivity contribution in [3.8, 4) is 12.1 Å². The van der Waals surface area contributed by atoms with Crippen molar-refractivity contribution >= 4 is 0 Å². The van der Waals surface area contributed by atoms with E-state index in [1.54, 1.807) is 12.4 Å². The molecule has 1 aromatic rings. The Labute approximate surface area is 88.8 Å². The quantitative estimate of drug-likeness (QED) is 0.696. The maximum Gasteiger partial charge on any atom is 0.213 e. The average molecular weight is 200 g/mol. The van der Waals surface area contributed by atoms with Gasteiger partial charge in [0.2, 0.25) is 5.82 Å². The van der Waals surface area contributed by atoms with Gasteiger partial charge < -0.3 is 4.57 Å². The minimum Gasteiger partial charge on any atom is -0.318 e. The monoisotopic (exact) mass is 200 g/mol. The Hall–Kier alpha value is -1.81. The zero-order valence-corrected chi connectivity index (χ0v) is 8.43. The van der Waals surface area contributed by atoms with Gasteiger partial charge in [-0.25, -0.2) is 4.98 Å². The van der Waals surface area contributed by atoms with Crippen molar-refractivity contribution < 1.29 is 0 Å². The second kappa shape index (κ2) is 4.14. The van der Waals surface area contributed by atoms with E-state index in [1.165, 1.54) is 0 Å². The average Bonchev–Trinajstić information content (AvgIpc) is 2.76. The molecule has 0 amide bonds. The van der Waals surface area contributed by atoms with E-state index in [1.807, 2.05) is 4.57 Å². The summed E-state index contributed by atoms with van der Waals surface area (Å²) < 4.78 is 1.85. The molecule has 0 spiro atoms. The fourth-order valence-corrected chi connectivity index (χ4v) is 2.26. The lowest BCUT2D eigenvalue weighted by Crippen LogP contribution is -2.22. The molecule has 1 aliphatic carbocycles. The Morgan fingerprint density at radius 2 is 2.13 bits per heavy atom. The van der Waals surface area contributed by atoms with E-state index in [0.717, 1.165) is 25.7 Å². The van der Waals surface area contributed by atoms with Crippen molar-refractivity contribution in [3.05, 3.63) is 18.2 Å². The summed E-state index contributed by atoms with van der Waals surface area (Å²) in [5.41, 5.74) is 0.